The van der Waals surface area contributed by atoms with E-state index in [1.165, 1.54) is 12.1 Å². The molecule has 1 aromatic carbocycles. The molecule has 0 heterocycles. The minimum absolute atomic E-state index is 0.0702. The summed E-state index contributed by atoms with van der Waals surface area (Å²) < 4.78 is 45.6. The summed E-state index contributed by atoms with van der Waals surface area (Å²) in [6.07, 6.45) is 1.30. The van der Waals surface area contributed by atoms with E-state index < -0.39 is 27.3 Å². The smallest absolute Gasteiger partial charge is 0.243 e. The van der Waals surface area contributed by atoms with Gasteiger partial charge >= 0.3 is 0 Å². The van der Waals surface area contributed by atoms with Crippen LogP contribution in [0, 0.1) is 5.82 Å². The molecule has 0 aliphatic rings. The van der Waals surface area contributed by atoms with Crippen molar-refractivity contribution < 1.29 is 22.7 Å². The Hall–Kier alpha value is -0.540. The molecule has 0 atom stereocenters. The van der Waals surface area contributed by atoms with Crippen LogP contribution < -0.4 is 4.72 Å². The molecular formula is C12H17BrFNO4S. The molecule has 0 aliphatic heterocycles. The molecule has 0 aliphatic carbocycles. The summed E-state index contributed by atoms with van der Waals surface area (Å²) in [6, 6.07) is 2.51. The maximum absolute atomic E-state index is 14.0. The molecule has 8 heteroatoms. The molecule has 0 saturated carbocycles. The molecule has 0 spiro atoms. The summed E-state index contributed by atoms with van der Waals surface area (Å²) in [6.45, 7) is 0.176. The van der Waals surface area contributed by atoms with Gasteiger partial charge in [-0.15, -0.1) is 0 Å². The van der Waals surface area contributed by atoms with Gasteiger partial charge in [0.1, 0.15) is 10.7 Å². The first-order valence-electron chi connectivity index (χ1n) is 5.99. The summed E-state index contributed by atoms with van der Waals surface area (Å²) in [7, 11) is -2.37. The van der Waals surface area contributed by atoms with Crippen molar-refractivity contribution in [3.63, 3.8) is 0 Å². The molecule has 5 nitrogen and oxygen atoms in total. The van der Waals surface area contributed by atoms with E-state index in [-0.39, 0.29) is 12.1 Å². The maximum Gasteiger partial charge on any atom is 0.243 e. The largest absolute Gasteiger partial charge is 0.392 e. The molecule has 1 rings (SSSR count). The highest BCUT2D eigenvalue weighted by atomic mass is 79.9. The van der Waals surface area contributed by atoms with Crippen molar-refractivity contribution in [1.29, 1.82) is 0 Å². The van der Waals surface area contributed by atoms with Crippen molar-refractivity contribution in [3.05, 3.63) is 28.0 Å². The van der Waals surface area contributed by atoms with Crippen molar-refractivity contribution in [2.24, 2.45) is 0 Å². The minimum atomic E-state index is -3.94. The molecular weight excluding hydrogens is 353 g/mol. The molecule has 1 aromatic rings. The highest BCUT2D eigenvalue weighted by Gasteiger charge is 2.21. The van der Waals surface area contributed by atoms with Crippen LogP contribution in [-0.2, 0) is 21.4 Å². The van der Waals surface area contributed by atoms with Crippen LogP contribution in [0.1, 0.15) is 18.4 Å². The zero-order valence-corrected chi connectivity index (χ0v) is 13.4. The van der Waals surface area contributed by atoms with E-state index >= 15 is 0 Å². The third kappa shape index (κ3) is 4.78. The van der Waals surface area contributed by atoms with Crippen molar-refractivity contribution in [2.75, 3.05) is 20.3 Å². The zero-order valence-electron chi connectivity index (χ0n) is 11.0. The van der Waals surface area contributed by atoms with Gasteiger partial charge in [0, 0.05) is 30.3 Å². The van der Waals surface area contributed by atoms with Crippen molar-refractivity contribution >= 4 is 26.0 Å². The lowest BCUT2D eigenvalue weighted by atomic mass is 10.2. The van der Waals surface area contributed by atoms with Crippen molar-refractivity contribution in [1.82, 2.24) is 4.72 Å². The van der Waals surface area contributed by atoms with Gasteiger partial charge in [-0.2, -0.15) is 0 Å². The van der Waals surface area contributed by atoms with E-state index in [0.29, 0.717) is 23.9 Å². The SMILES string of the molecule is COCCCCNS(=O)(=O)c1cc(Br)cc(CO)c1F. The van der Waals surface area contributed by atoms with Gasteiger partial charge in [0.2, 0.25) is 10.0 Å². The maximum atomic E-state index is 14.0. The quantitative estimate of drug-likeness (QED) is 0.685. The summed E-state index contributed by atoms with van der Waals surface area (Å²) >= 11 is 3.10. The number of hydrogen-bond donors (Lipinski definition) is 2. The zero-order chi connectivity index (χ0) is 15.2. The van der Waals surface area contributed by atoms with E-state index in [2.05, 4.69) is 20.7 Å². The predicted molar refractivity (Wildman–Crippen MR) is 76.3 cm³/mol. The molecule has 114 valence electrons. The number of benzene rings is 1. The third-order valence-corrected chi connectivity index (χ3v) is 4.52. The van der Waals surface area contributed by atoms with Gasteiger partial charge in [-0.25, -0.2) is 17.5 Å². The standard InChI is InChI=1S/C12H17BrFNO4S/c1-19-5-3-2-4-15-20(17,18)11-7-10(13)6-9(8-16)12(11)14/h6-7,15-16H,2-5,8H2,1H3. The van der Waals surface area contributed by atoms with Crippen LogP contribution in [0.5, 0.6) is 0 Å². The minimum Gasteiger partial charge on any atom is -0.392 e. The van der Waals surface area contributed by atoms with Gasteiger partial charge in [0.05, 0.1) is 6.61 Å². The first kappa shape index (κ1) is 17.5. The van der Waals surface area contributed by atoms with E-state index in [1.54, 1.807) is 7.11 Å². The monoisotopic (exact) mass is 369 g/mol. The number of nitrogens with one attached hydrogen (secondary N) is 1. The molecule has 20 heavy (non-hydrogen) atoms. The van der Waals surface area contributed by atoms with E-state index in [9.17, 15) is 12.8 Å². The number of methoxy groups -OCH3 is 1. The highest BCUT2D eigenvalue weighted by molar-refractivity contribution is 9.10. The number of aliphatic hydroxyl groups excluding tert-OH is 1. The Balaban J connectivity index is 2.84. The Morgan fingerprint density at radius 1 is 1.40 bits per heavy atom. The molecule has 2 N–H and O–H groups in total. The molecule has 0 radical (unpaired) electrons. The second-order valence-electron chi connectivity index (χ2n) is 4.13. The normalized spacial score (nSPS) is 11.8. The van der Waals surface area contributed by atoms with Crippen LogP contribution in [0.15, 0.2) is 21.5 Å². The van der Waals surface area contributed by atoms with Crippen LogP contribution in [0.3, 0.4) is 0 Å². The number of unbranched alkanes of at least 4 members (excludes halogenated alkanes) is 1. The van der Waals surface area contributed by atoms with Gasteiger partial charge in [-0.3, -0.25) is 0 Å². The molecule has 0 fully saturated rings. The second-order valence-corrected chi connectivity index (χ2v) is 6.78. The Morgan fingerprint density at radius 2 is 2.10 bits per heavy atom. The van der Waals surface area contributed by atoms with Crippen LogP contribution in [0.25, 0.3) is 0 Å². The van der Waals surface area contributed by atoms with Crippen LogP contribution in [-0.4, -0.2) is 33.8 Å². The van der Waals surface area contributed by atoms with Crippen molar-refractivity contribution in [3.8, 4) is 0 Å². The number of rotatable bonds is 8. The number of hydrogen-bond acceptors (Lipinski definition) is 4. The molecule has 0 bridgehead atoms. The first-order chi connectivity index (χ1) is 9.42. The Bertz CT molecular complexity index is 551. The van der Waals surface area contributed by atoms with E-state index in [1.807, 2.05) is 0 Å². The summed E-state index contributed by atoms with van der Waals surface area (Å²) in [5.74, 6) is -0.930. The average Bonchev–Trinajstić information content (AvgIpc) is 2.40. The number of sulfonamides is 1. The lowest BCUT2D eigenvalue weighted by molar-refractivity contribution is 0.193. The number of halogens is 2. The molecule has 0 aromatic heterocycles. The van der Waals surface area contributed by atoms with Gasteiger partial charge in [-0.05, 0) is 25.0 Å². The summed E-state index contributed by atoms with van der Waals surface area (Å²) in [4.78, 5) is -0.470. The van der Waals surface area contributed by atoms with Gasteiger partial charge in [0.15, 0.2) is 0 Å². The van der Waals surface area contributed by atoms with E-state index in [4.69, 9.17) is 9.84 Å². The number of ether oxygens (including phenoxy) is 1. The molecule has 0 saturated heterocycles. The Morgan fingerprint density at radius 3 is 2.70 bits per heavy atom. The van der Waals surface area contributed by atoms with Crippen LogP contribution in [0.2, 0.25) is 0 Å². The van der Waals surface area contributed by atoms with Crippen molar-refractivity contribution in [2.45, 2.75) is 24.3 Å². The van der Waals surface area contributed by atoms with Gasteiger partial charge in [-0.1, -0.05) is 15.9 Å². The molecule has 0 unspecified atom stereocenters. The number of aliphatic hydroxyl groups is 1. The lowest BCUT2D eigenvalue weighted by Crippen LogP contribution is -2.26. The fourth-order valence-electron chi connectivity index (χ4n) is 1.58. The van der Waals surface area contributed by atoms with Gasteiger partial charge < -0.3 is 9.84 Å². The van der Waals surface area contributed by atoms with Gasteiger partial charge in [0.25, 0.3) is 0 Å². The Kier molecular flexibility index (Phi) is 7.04. The highest BCUT2D eigenvalue weighted by Crippen LogP contribution is 2.24. The van der Waals surface area contributed by atoms with Crippen LogP contribution in [0.4, 0.5) is 4.39 Å². The third-order valence-electron chi connectivity index (χ3n) is 2.61. The summed E-state index contributed by atoms with van der Waals surface area (Å²) in [5, 5.41) is 9.02. The second kappa shape index (κ2) is 8.04. The first-order valence-corrected chi connectivity index (χ1v) is 8.27. The fourth-order valence-corrected chi connectivity index (χ4v) is 3.46. The van der Waals surface area contributed by atoms with E-state index in [0.717, 1.165) is 0 Å². The fraction of sp³-hybridized carbons (Fsp3) is 0.500. The molecule has 0 amide bonds. The lowest BCUT2D eigenvalue weighted by Gasteiger charge is -2.10. The topological polar surface area (TPSA) is 75.6 Å². The average molecular weight is 370 g/mol. The summed E-state index contributed by atoms with van der Waals surface area (Å²) in [5.41, 5.74) is -0.0702. The van der Waals surface area contributed by atoms with Crippen LogP contribution >= 0.6 is 15.9 Å². The Labute approximate surface area is 126 Å². The predicted octanol–water partition coefficient (Wildman–Crippen LogP) is 1.79.